The molecule has 138 valence electrons. The highest BCUT2D eigenvalue weighted by Crippen LogP contribution is 2.36. The first-order valence-corrected chi connectivity index (χ1v) is 8.72. The van der Waals surface area contributed by atoms with Gasteiger partial charge >= 0.3 is 6.09 Å². The highest BCUT2D eigenvalue weighted by Gasteiger charge is 2.55. The summed E-state index contributed by atoms with van der Waals surface area (Å²) in [5.41, 5.74) is -0.696. The molecule has 27 heavy (non-hydrogen) atoms. The molecule has 3 amide bonds. The Morgan fingerprint density at radius 3 is 2.44 bits per heavy atom. The van der Waals surface area contributed by atoms with E-state index < -0.39 is 11.7 Å². The third-order valence-electron chi connectivity index (χ3n) is 4.89. The van der Waals surface area contributed by atoms with Crippen LogP contribution in [0.2, 0.25) is 0 Å². The predicted octanol–water partition coefficient (Wildman–Crippen LogP) is 2.84. The van der Waals surface area contributed by atoms with Crippen LogP contribution < -0.4 is 4.90 Å². The molecule has 1 aromatic heterocycles. The maximum absolute atomic E-state index is 12.9. The Morgan fingerprint density at radius 1 is 1.04 bits per heavy atom. The fourth-order valence-electron chi connectivity index (χ4n) is 3.39. The van der Waals surface area contributed by atoms with Gasteiger partial charge in [0.25, 0.3) is 5.91 Å². The molecule has 0 atom stereocenters. The van der Waals surface area contributed by atoms with Crippen molar-refractivity contribution in [3.8, 4) is 0 Å². The summed E-state index contributed by atoms with van der Waals surface area (Å²) in [5.74, 6) is 0.0603. The number of likely N-dealkylation sites (tertiary alicyclic amines) is 1. The minimum absolute atomic E-state index is 0.169. The fourth-order valence-corrected chi connectivity index (χ4v) is 3.39. The monoisotopic (exact) mass is 366 g/mol. The molecular formula is C20H18N2O5. The molecule has 7 heteroatoms. The van der Waals surface area contributed by atoms with Gasteiger partial charge in [-0.25, -0.2) is 9.69 Å². The summed E-state index contributed by atoms with van der Waals surface area (Å²) >= 11 is 0. The molecule has 0 saturated carbocycles. The van der Waals surface area contributed by atoms with Crippen LogP contribution in [0.15, 0.2) is 59.2 Å². The lowest BCUT2D eigenvalue weighted by atomic mass is 9.90. The summed E-state index contributed by atoms with van der Waals surface area (Å²) in [6.07, 6.45) is 4.47. The number of carbonyl (C=O) groups is 3. The van der Waals surface area contributed by atoms with Gasteiger partial charge in [0.05, 0.1) is 12.0 Å². The van der Waals surface area contributed by atoms with E-state index in [-0.39, 0.29) is 24.7 Å². The van der Waals surface area contributed by atoms with E-state index in [0.29, 0.717) is 24.5 Å². The van der Waals surface area contributed by atoms with Gasteiger partial charge in [-0.3, -0.25) is 9.59 Å². The Bertz CT molecular complexity index is 880. The standard InChI is InChI=1S/C20H18N2O5/c23-17(9-8-16-7-4-14-26-16)21-12-10-20(11-13-21)18(24)22(19(25)27-20)15-5-2-1-3-6-15/h1-9,14H,10-13H2. The molecular weight excluding hydrogens is 348 g/mol. The quantitative estimate of drug-likeness (QED) is 0.781. The van der Waals surface area contributed by atoms with Crippen LogP contribution in [-0.2, 0) is 14.3 Å². The summed E-state index contributed by atoms with van der Waals surface area (Å²) in [4.78, 5) is 40.2. The van der Waals surface area contributed by atoms with Crippen LogP contribution in [0.25, 0.3) is 6.08 Å². The summed E-state index contributed by atoms with van der Waals surface area (Å²) < 4.78 is 10.6. The lowest BCUT2D eigenvalue weighted by Crippen LogP contribution is -2.51. The smallest absolute Gasteiger partial charge is 0.422 e. The molecule has 2 aliphatic rings. The predicted molar refractivity (Wildman–Crippen MR) is 96.7 cm³/mol. The Kier molecular flexibility index (Phi) is 4.27. The van der Waals surface area contributed by atoms with Gasteiger partial charge in [0.2, 0.25) is 5.91 Å². The van der Waals surface area contributed by atoms with E-state index in [2.05, 4.69) is 0 Å². The van der Waals surface area contributed by atoms with Crippen molar-refractivity contribution >= 4 is 29.7 Å². The van der Waals surface area contributed by atoms with Gasteiger partial charge in [-0.1, -0.05) is 18.2 Å². The van der Waals surface area contributed by atoms with Gasteiger partial charge < -0.3 is 14.1 Å². The number of imide groups is 1. The molecule has 3 heterocycles. The second-order valence-corrected chi connectivity index (χ2v) is 6.51. The summed E-state index contributed by atoms with van der Waals surface area (Å²) in [6.45, 7) is 0.673. The van der Waals surface area contributed by atoms with Gasteiger partial charge in [0.1, 0.15) is 5.76 Å². The van der Waals surface area contributed by atoms with E-state index in [9.17, 15) is 14.4 Å². The summed E-state index contributed by atoms with van der Waals surface area (Å²) in [7, 11) is 0. The number of hydrogen-bond donors (Lipinski definition) is 0. The van der Waals surface area contributed by atoms with Gasteiger partial charge in [-0.15, -0.1) is 0 Å². The van der Waals surface area contributed by atoms with E-state index in [1.54, 1.807) is 47.4 Å². The van der Waals surface area contributed by atoms with Crippen molar-refractivity contribution in [2.24, 2.45) is 0 Å². The van der Waals surface area contributed by atoms with Crippen molar-refractivity contribution < 1.29 is 23.5 Å². The number of amides is 3. The SMILES string of the molecule is O=C(C=Cc1ccco1)N1CCC2(CC1)OC(=O)N(c1ccccc1)C2=O. The van der Waals surface area contributed by atoms with Crippen molar-refractivity contribution in [3.63, 3.8) is 0 Å². The molecule has 2 aromatic rings. The van der Waals surface area contributed by atoms with Crippen molar-refractivity contribution in [1.29, 1.82) is 0 Å². The van der Waals surface area contributed by atoms with Gasteiger partial charge in [-0.2, -0.15) is 0 Å². The van der Waals surface area contributed by atoms with E-state index >= 15 is 0 Å². The first kappa shape index (κ1) is 17.1. The maximum Gasteiger partial charge on any atom is 0.422 e. The average molecular weight is 366 g/mol. The molecule has 2 saturated heterocycles. The highest BCUT2D eigenvalue weighted by atomic mass is 16.6. The second kappa shape index (κ2) is 6.75. The molecule has 0 N–H and O–H groups in total. The van der Waals surface area contributed by atoms with Gasteiger partial charge in [0.15, 0.2) is 5.60 Å². The second-order valence-electron chi connectivity index (χ2n) is 6.51. The third kappa shape index (κ3) is 3.12. The number of benzene rings is 1. The van der Waals surface area contributed by atoms with Crippen molar-refractivity contribution in [2.45, 2.75) is 18.4 Å². The van der Waals surface area contributed by atoms with Gasteiger partial charge in [-0.05, 0) is 30.3 Å². The molecule has 1 aromatic carbocycles. The molecule has 0 unspecified atom stereocenters. The minimum atomic E-state index is -1.19. The lowest BCUT2D eigenvalue weighted by Gasteiger charge is -2.35. The van der Waals surface area contributed by atoms with Crippen LogP contribution in [-0.4, -0.2) is 41.5 Å². The van der Waals surface area contributed by atoms with Crippen LogP contribution in [0.1, 0.15) is 18.6 Å². The third-order valence-corrected chi connectivity index (χ3v) is 4.89. The molecule has 2 aliphatic heterocycles. The number of rotatable bonds is 3. The average Bonchev–Trinajstić information content (AvgIpc) is 3.28. The first-order chi connectivity index (χ1) is 13.1. The Labute approximate surface area is 155 Å². The molecule has 0 aliphatic carbocycles. The Morgan fingerprint density at radius 2 is 1.78 bits per heavy atom. The highest BCUT2D eigenvalue weighted by molar-refractivity contribution is 6.20. The van der Waals surface area contributed by atoms with E-state index in [4.69, 9.17) is 9.15 Å². The van der Waals surface area contributed by atoms with E-state index in [1.807, 2.05) is 6.07 Å². The Balaban J connectivity index is 1.43. The number of hydrogen-bond acceptors (Lipinski definition) is 5. The van der Waals surface area contributed by atoms with Crippen molar-refractivity contribution in [1.82, 2.24) is 4.90 Å². The minimum Gasteiger partial charge on any atom is -0.465 e. The molecule has 0 radical (unpaired) electrons. The van der Waals surface area contributed by atoms with Crippen LogP contribution in [0.5, 0.6) is 0 Å². The molecule has 1 spiro atoms. The zero-order chi connectivity index (χ0) is 18.9. The van der Waals surface area contributed by atoms with Crippen LogP contribution in [0.3, 0.4) is 0 Å². The van der Waals surface area contributed by atoms with Crippen LogP contribution in [0, 0.1) is 0 Å². The molecule has 4 rings (SSSR count). The van der Waals surface area contributed by atoms with Crippen LogP contribution in [0.4, 0.5) is 10.5 Å². The number of nitrogens with zero attached hydrogens (tertiary/aromatic N) is 2. The van der Waals surface area contributed by atoms with Crippen LogP contribution >= 0.6 is 0 Å². The lowest BCUT2D eigenvalue weighted by molar-refractivity contribution is -0.139. The molecule has 0 bridgehead atoms. The number of para-hydroxylation sites is 1. The van der Waals surface area contributed by atoms with E-state index in [1.165, 1.54) is 12.3 Å². The summed E-state index contributed by atoms with van der Waals surface area (Å²) in [6, 6.07) is 12.2. The first-order valence-electron chi connectivity index (χ1n) is 8.72. The van der Waals surface area contributed by atoms with E-state index in [0.717, 1.165) is 4.90 Å². The zero-order valence-electron chi connectivity index (χ0n) is 14.5. The fraction of sp³-hybridized carbons (Fsp3) is 0.250. The molecule has 2 fully saturated rings. The normalized spacial score (nSPS) is 19.1. The maximum atomic E-state index is 12.9. The number of piperidine rings is 1. The number of ether oxygens (including phenoxy) is 1. The van der Waals surface area contributed by atoms with Crippen molar-refractivity contribution in [2.75, 3.05) is 18.0 Å². The van der Waals surface area contributed by atoms with Gasteiger partial charge in [0, 0.05) is 32.0 Å². The number of carbonyl (C=O) groups excluding carboxylic acids is 3. The molecule has 7 nitrogen and oxygen atoms in total. The number of furan rings is 1. The topological polar surface area (TPSA) is 80.1 Å². The number of anilines is 1. The summed E-state index contributed by atoms with van der Waals surface area (Å²) in [5, 5.41) is 0. The zero-order valence-corrected chi connectivity index (χ0v) is 14.5. The Hall–Kier alpha value is -3.35. The largest absolute Gasteiger partial charge is 0.465 e. The van der Waals surface area contributed by atoms with Crippen molar-refractivity contribution in [3.05, 3.63) is 60.6 Å².